The zero-order valence-electron chi connectivity index (χ0n) is 17.7. The number of anilines is 1. The molecule has 6 nitrogen and oxygen atoms in total. The number of amides is 2. The Kier molecular flexibility index (Phi) is 4.96. The highest BCUT2D eigenvalue weighted by Gasteiger charge is 2.74. The standard InChI is InChI=1S/C26H14Cl3NO5/c27-12-4-3-5-14(10-12)30-24(33)19-20(25(30)34)26(22(31)15-6-1-2-7-16(15)23(26)32)35-21(19)17-9-8-13(28)11-18(17)29/h1-11,19-21H/t19-,20-,21+/m0/s1. The number of hydrogen-bond donors (Lipinski definition) is 0. The summed E-state index contributed by atoms with van der Waals surface area (Å²) in [6.07, 6.45) is -1.13. The van der Waals surface area contributed by atoms with Gasteiger partial charge in [-0.05, 0) is 30.3 Å². The molecule has 174 valence electrons. The molecule has 3 aliphatic rings. The van der Waals surface area contributed by atoms with E-state index in [1.807, 2.05) is 0 Å². The third-order valence-corrected chi connectivity index (χ3v) is 7.65. The van der Waals surface area contributed by atoms with Crippen molar-refractivity contribution < 1.29 is 23.9 Å². The van der Waals surface area contributed by atoms with E-state index < -0.39 is 46.9 Å². The fraction of sp³-hybridized carbons (Fsp3) is 0.154. The monoisotopic (exact) mass is 525 g/mol. The Morgan fingerprint density at radius 2 is 1.40 bits per heavy atom. The summed E-state index contributed by atoms with van der Waals surface area (Å²) in [6.45, 7) is 0. The van der Waals surface area contributed by atoms with Crippen molar-refractivity contribution in [3.05, 3.63) is 98.5 Å². The molecule has 0 saturated carbocycles. The average molecular weight is 527 g/mol. The molecule has 0 radical (unpaired) electrons. The Balaban J connectivity index is 1.57. The summed E-state index contributed by atoms with van der Waals surface area (Å²) in [5.41, 5.74) is -1.27. The molecule has 6 rings (SSSR count). The number of rotatable bonds is 2. The predicted octanol–water partition coefficient (Wildman–Crippen LogP) is 5.34. The van der Waals surface area contributed by atoms with Crippen molar-refractivity contribution in [3.63, 3.8) is 0 Å². The second-order valence-corrected chi connectivity index (χ2v) is 9.92. The number of carbonyl (C=O) groups is 4. The van der Waals surface area contributed by atoms with E-state index >= 15 is 0 Å². The number of ether oxygens (including phenoxy) is 1. The number of carbonyl (C=O) groups excluding carboxylic acids is 4. The summed E-state index contributed by atoms with van der Waals surface area (Å²) in [5, 5.41) is 0.872. The highest BCUT2D eigenvalue weighted by Crippen LogP contribution is 2.58. The molecule has 2 aliphatic heterocycles. The van der Waals surface area contributed by atoms with Crippen molar-refractivity contribution in [1.82, 2.24) is 0 Å². The minimum atomic E-state index is -2.18. The summed E-state index contributed by atoms with van der Waals surface area (Å²) in [5.74, 6) is -5.14. The van der Waals surface area contributed by atoms with Gasteiger partial charge in [-0.1, -0.05) is 71.2 Å². The van der Waals surface area contributed by atoms with Gasteiger partial charge < -0.3 is 4.74 Å². The van der Waals surface area contributed by atoms with Gasteiger partial charge in [-0.15, -0.1) is 0 Å². The maximum absolute atomic E-state index is 13.9. The fourth-order valence-corrected chi connectivity index (χ4v) is 6.10. The average Bonchev–Trinajstić information content (AvgIpc) is 3.39. The van der Waals surface area contributed by atoms with Gasteiger partial charge in [0.2, 0.25) is 29.0 Å². The van der Waals surface area contributed by atoms with Crippen LogP contribution in [-0.4, -0.2) is 29.0 Å². The lowest BCUT2D eigenvalue weighted by Crippen LogP contribution is -2.51. The molecule has 2 heterocycles. The van der Waals surface area contributed by atoms with Gasteiger partial charge >= 0.3 is 0 Å². The quantitative estimate of drug-likeness (QED) is 0.333. The molecule has 0 bridgehead atoms. The molecule has 2 fully saturated rings. The van der Waals surface area contributed by atoms with Crippen LogP contribution in [0, 0.1) is 11.8 Å². The molecule has 0 unspecified atom stereocenters. The molecule has 3 aromatic carbocycles. The number of benzene rings is 3. The van der Waals surface area contributed by atoms with E-state index in [1.54, 1.807) is 42.5 Å². The van der Waals surface area contributed by atoms with Crippen LogP contribution < -0.4 is 4.90 Å². The van der Waals surface area contributed by atoms with Crippen LogP contribution in [0.2, 0.25) is 15.1 Å². The van der Waals surface area contributed by atoms with Crippen molar-refractivity contribution in [2.75, 3.05) is 4.90 Å². The second-order valence-electron chi connectivity index (χ2n) is 8.64. The first-order valence-electron chi connectivity index (χ1n) is 10.7. The lowest BCUT2D eigenvalue weighted by atomic mass is 9.77. The molecule has 1 spiro atoms. The first-order chi connectivity index (χ1) is 16.8. The van der Waals surface area contributed by atoms with Crippen LogP contribution in [0.4, 0.5) is 5.69 Å². The van der Waals surface area contributed by atoms with Crippen LogP contribution in [0.15, 0.2) is 66.7 Å². The summed E-state index contributed by atoms with van der Waals surface area (Å²) in [7, 11) is 0. The molecular weight excluding hydrogens is 513 g/mol. The maximum atomic E-state index is 13.9. The summed E-state index contributed by atoms with van der Waals surface area (Å²) >= 11 is 18.6. The fourth-order valence-electron chi connectivity index (χ4n) is 5.40. The van der Waals surface area contributed by atoms with Gasteiger partial charge in [0.15, 0.2) is 0 Å². The number of nitrogens with zero attached hydrogens (tertiary/aromatic N) is 1. The number of Topliss-reactive ketones (excluding diaryl/α,β-unsaturated/α-hetero) is 2. The third kappa shape index (κ3) is 2.94. The highest BCUT2D eigenvalue weighted by molar-refractivity contribution is 6.38. The molecule has 0 N–H and O–H groups in total. The minimum absolute atomic E-state index is 0.153. The van der Waals surface area contributed by atoms with Crippen molar-refractivity contribution in [3.8, 4) is 0 Å². The van der Waals surface area contributed by atoms with Crippen molar-refractivity contribution in [2.24, 2.45) is 11.8 Å². The normalized spacial score (nSPS) is 24.4. The second kappa shape index (κ2) is 7.73. The Hall–Kier alpha value is -3.03. The van der Waals surface area contributed by atoms with Crippen molar-refractivity contribution in [2.45, 2.75) is 11.7 Å². The van der Waals surface area contributed by atoms with Gasteiger partial charge in [0.25, 0.3) is 0 Å². The molecule has 9 heteroatoms. The number of halogens is 3. The topological polar surface area (TPSA) is 80.8 Å². The lowest BCUT2D eigenvalue weighted by Gasteiger charge is -2.27. The number of fused-ring (bicyclic) bond motifs is 3. The van der Waals surface area contributed by atoms with Gasteiger partial charge in [-0.3, -0.25) is 19.2 Å². The molecule has 0 aromatic heterocycles. The van der Waals surface area contributed by atoms with Crippen LogP contribution in [0.1, 0.15) is 32.4 Å². The molecule has 2 amide bonds. The molecule has 35 heavy (non-hydrogen) atoms. The van der Waals surface area contributed by atoms with Gasteiger partial charge in [0.05, 0.1) is 23.6 Å². The van der Waals surface area contributed by atoms with Crippen LogP contribution in [0.3, 0.4) is 0 Å². The first kappa shape index (κ1) is 22.4. The van der Waals surface area contributed by atoms with Crippen LogP contribution >= 0.6 is 34.8 Å². The molecule has 3 atom stereocenters. The maximum Gasteiger partial charge on any atom is 0.241 e. The molecule has 3 aromatic rings. The Morgan fingerprint density at radius 1 is 0.743 bits per heavy atom. The lowest BCUT2D eigenvalue weighted by molar-refractivity contribution is -0.127. The predicted molar refractivity (Wildman–Crippen MR) is 129 cm³/mol. The van der Waals surface area contributed by atoms with Crippen molar-refractivity contribution >= 4 is 63.9 Å². The molecule has 2 saturated heterocycles. The van der Waals surface area contributed by atoms with E-state index in [9.17, 15) is 19.2 Å². The van der Waals surface area contributed by atoms with E-state index in [1.165, 1.54) is 24.3 Å². The van der Waals surface area contributed by atoms with E-state index in [0.29, 0.717) is 15.6 Å². The van der Waals surface area contributed by atoms with E-state index in [4.69, 9.17) is 39.5 Å². The Morgan fingerprint density at radius 3 is 2.03 bits per heavy atom. The van der Waals surface area contributed by atoms with Crippen molar-refractivity contribution in [1.29, 1.82) is 0 Å². The highest BCUT2D eigenvalue weighted by atomic mass is 35.5. The number of ketones is 2. The zero-order valence-corrected chi connectivity index (χ0v) is 20.0. The Labute approximate surface area is 214 Å². The smallest absolute Gasteiger partial charge is 0.241 e. The van der Waals surface area contributed by atoms with E-state index in [2.05, 4.69) is 0 Å². The SMILES string of the molecule is O=C1[C@@H]2[C@@H](c3ccc(Cl)cc3Cl)OC3(C(=O)c4ccccc4C3=O)[C@@H]2C(=O)N1c1cccc(Cl)c1. The van der Waals surface area contributed by atoms with E-state index in [-0.39, 0.29) is 21.8 Å². The Bertz CT molecular complexity index is 1450. The minimum Gasteiger partial charge on any atom is -0.349 e. The van der Waals surface area contributed by atoms with Gasteiger partial charge in [-0.2, -0.15) is 0 Å². The summed E-state index contributed by atoms with van der Waals surface area (Å²) in [4.78, 5) is 56.1. The number of hydrogen-bond acceptors (Lipinski definition) is 5. The molecule has 1 aliphatic carbocycles. The third-order valence-electron chi connectivity index (χ3n) is 6.85. The zero-order chi connectivity index (χ0) is 24.6. The van der Waals surface area contributed by atoms with Crippen LogP contribution in [0.5, 0.6) is 0 Å². The van der Waals surface area contributed by atoms with Gasteiger partial charge in [-0.25, -0.2) is 4.90 Å². The van der Waals surface area contributed by atoms with Gasteiger partial charge in [0, 0.05) is 31.8 Å². The van der Waals surface area contributed by atoms with Crippen LogP contribution in [-0.2, 0) is 14.3 Å². The van der Waals surface area contributed by atoms with Gasteiger partial charge in [0.1, 0.15) is 0 Å². The van der Waals surface area contributed by atoms with Crippen LogP contribution in [0.25, 0.3) is 0 Å². The summed E-state index contributed by atoms with van der Waals surface area (Å²) in [6, 6.07) is 17.2. The first-order valence-corrected chi connectivity index (χ1v) is 11.8. The number of imide groups is 1. The molecular formula is C26H14Cl3NO5. The van der Waals surface area contributed by atoms with E-state index in [0.717, 1.165) is 4.90 Å². The summed E-state index contributed by atoms with van der Waals surface area (Å²) < 4.78 is 6.22. The largest absolute Gasteiger partial charge is 0.349 e.